The fourth-order valence-corrected chi connectivity index (χ4v) is 3.53. The number of imidazole rings is 1. The molecule has 3 heterocycles. The molecule has 0 aliphatic carbocycles. The number of H-pyrrole nitrogens is 1. The number of fused-ring (bicyclic) bond motifs is 1. The lowest BCUT2D eigenvalue weighted by Crippen LogP contribution is -2.38. The minimum absolute atomic E-state index is 0.0101. The highest BCUT2D eigenvalue weighted by molar-refractivity contribution is 5.94. The van der Waals surface area contributed by atoms with E-state index in [-0.39, 0.29) is 18.2 Å². The van der Waals surface area contributed by atoms with Crippen molar-refractivity contribution in [2.24, 2.45) is 5.92 Å². The van der Waals surface area contributed by atoms with E-state index in [2.05, 4.69) is 15.0 Å². The van der Waals surface area contributed by atoms with Crippen molar-refractivity contribution >= 4 is 22.9 Å². The van der Waals surface area contributed by atoms with Crippen LogP contribution in [-0.4, -0.2) is 49.9 Å². The summed E-state index contributed by atoms with van der Waals surface area (Å²) in [6.07, 6.45) is 5.10. The van der Waals surface area contributed by atoms with E-state index < -0.39 is 5.97 Å². The highest BCUT2D eigenvalue weighted by Gasteiger charge is 2.25. The fourth-order valence-electron chi connectivity index (χ4n) is 3.53. The number of nitrogens with one attached hydrogen (secondary N) is 1. The van der Waals surface area contributed by atoms with Crippen LogP contribution < -0.4 is 0 Å². The van der Waals surface area contributed by atoms with E-state index in [9.17, 15) is 9.59 Å². The average Bonchev–Trinajstić information content (AvgIpc) is 3.12. The van der Waals surface area contributed by atoms with Crippen molar-refractivity contribution in [3.8, 4) is 11.4 Å². The fraction of sp³-hybridized carbons (Fsp3) is 0.300. The van der Waals surface area contributed by atoms with Crippen LogP contribution in [0.4, 0.5) is 0 Å². The van der Waals surface area contributed by atoms with E-state index in [4.69, 9.17) is 5.11 Å². The normalized spacial score (nSPS) is 15.2. The van der Waals surface area contributed by atoms with Crippen LogP contribution in [0, 0.1) is 5.92 Å². The number of carbonyl (C=O) groups is 2. The van der Waals surface area contributed by atoms with Gasteiger partial charge in [0.2, 0.25) is 0 Å². The second-order valence-electron chi connectivity index (χ2n) is 6.89. The van der Waals surface area contributed by atoms with Gasteiger partial charge >= 0.3 is 5.97 Å². The number of likely N-dealkylation sites (tertiary alicyclic amines) is 1. The molecule has 1 aliphatic heterocycles. The SMILES string of the molecule is O=C(O)CC1CCN(C(=O)c2ccc(-c3nc4ccncc4[nH]3)cc2)CC1. The Hall–Kier alpha value is -3.22. The smallest absolute Gasteiger partial charge is 0.303 e. The molecule has 0 radical (unpaired) electrons. The van der Waals surface area contributed by atoms with Crippen LogP contribution in [0.5, 0.6) is 0 Å². The highest BCUT2D eigenvalue weighted by Crippen LogP contribution is 2.24. The molecule has 7 nitrogen and oxygen atoms in total. The molecule has 4 rings (SSSR count). The van der Waals surface area contributed by atoms with Gasteiger partial charge in [-0.25, -0.2) is 4.98 Å². The van der Waals surface area contributed by atoms with Crippen LogP contribution in [0.25, 0.3) is 22.4 Å². The topological polar surface area (TPSA) is 99.2 Å². The molecule has 1 amide bonds. The monoisotopic (exact) mass is 364 g/mol. The third-order valence-electron chi connectivity index (χ3n) is 5.05. The van der Waals surface area contributed by atoms with Crippen molar-refractivity contribution in [1.82, 2.24) is 19.9 Å². The number of nitrogens with zero attached hydrogens (tertiary/aromatic N) is 3. The molecule has 0 unspecified atom stereocenters. The van der Waals surface area contributed by atoms with Crippen molar-refractivity contribution in [3.05, 3.63) is 48.3 Å². The average molecular weight is 364 g/mol. The van der Waals surface area contributed by atoms with Gasteiger partial charge in [-0.1, -0.05) is 12.1 Å². The number of rotatable bonds is 4. The number of benzene rings is 1. The zero-order chi connectivity index (χ0) is 18.8. The van der Waals surface area contributed by atoms with Gasteiger partial charge in [0.15, 0.2) is 0 Å². The number of aromatic amines is 1. The predicted molar refractivity (Wildman–Crippen MR) is 100 cm³/mol. The first-order valence-electron chi connectivity index (χ1n) is 9.01. The van der Waals surface area contributed by atoms with Crippen molar-refractivity contribution in [1.29, 1.82) is 0 Å². The lowest BCUT2D eigenvalue weighted by Gasteiger charge is -2.31. The van der Waals surface area contributed by atoms with Gasteiger partial charge in [0.25, 0.3) is 5.91 Å². The van der Waals surface area contributed by atoms with Crippen molar-refractivity contribution in [2.45, 2.75) is 19.3 Å². The zero-order valence-electron chi connectivity index (χ0n) is 14.8. The quantitative estimate of drug-likeness (QED) is 0.741. The van der Waals surface area contributed by atoms with Gasteiger partial charge in [0, 0.05) is 36.8 Å². The van der Waals surface area contributed by atoms with Gasteiger partial charge in [-0.15, -0.1) is 0 Å². The number of hydrogen-bond acceptors (Lipinski definition) is 4. The Bertz CT molecular complexity index is 939. The minimum atomic E-state index is -0.767. The third kappa shape index (κ3) is 3.67. The maximum atomic E-state index is 12.7. The minimum Gasteiger partial charge on any atom is -0.481 e. The number of hydrogen-bond donors (Lipinski definition) is 2. The summed E-state index contributed by atoms with van der Waals surface area (Å²) in [5.74, 6) is 0.129. The molecule has 7 heteroatoms. The van der Waals surface area contributed by atoms with Crippen molar-refractivity contribution in [2.75, 3.05) is 13.1 Å². The zero-order valence-corrected chi connectivity index (χ0v) is 14.8. The second kappa shape index (κ2) is 7.19. The lowest BCUT2D eigenvalue weighted by molar-refractivity contribution is -0.138. The van der Waals surface area contributed by atoms with Crippen LogP contribution in [0.3, 0.4) is 0 Å². The van der Waals surface area contributed by atoms with Gasteiger partial charge in [-0.3, -0.25) is 14.6 Å². The summed E-state index contributed by atoms with van der Waals surface area (Å²) < 4.78 is 0. The number of piperidine rings is 1. The van der Waals surface area contributed by atoms with E-state index in [1.165, 1.54) is 0 Å². The summed E-state index contributed by atoms with van der Waals surface area (Å²) in [6, 6.07) is 9.24. The molecule has 0 atom stereocenters. The molecule has 138 valence electrons. The number of carbonyl (C=O) groups excluding carboxylic acids is 1. The number of carboxylic acid groups (broad SMARTS) is 1. The Morgan fingerprint density at radius 2 is 1.89 bits per heavy atom. The van der Waals surface area contributed by atoms with Crippen molar-refractivity contribution in [3.63, 3.8) is 0 Å². The number of amides is 1. The van der Waals surface area contributed by atoms with Gasteiger partial charge in [0.05, 0.1) is 17.2 Å². The number of aliphatic carboxylic acids is 1. The molecule has 0 spiro atoms. The van der Waals surface area contributed by atoms with E-state index in [0.29, 0.717) is 18.7 Å². The predicted octanol–water partition coefficient (Wildman–Crippen LogP) is 2.95. The van der Waals surface area contributed by atoms with Crippen LogP contribution in [-0.2, 0) is 4.79 Å². The summed E-state index contributed by atoms with van der Waals surface area (Å²) in [4.78, 5) is 37.2. The summed E-state index contributed by atoms with van der Waals surface area (Å²) in [5.41, 5.74) is 3.26. The molecule has 0 bridgehead atoms. The lowest BCUT2D eigenvalue weighted by atomic mass is 9.93. The van der Waals surface area contributed by atoms with Crippen LogP contribution in [0.1, 0.15) is 29.6 Å². The number of pyridine rings is 1. The molecule has 27 heavy (non-hydrogen) atoms. The summed E-state index contributed by atoms with van der Waals surface area (Å²) in [6.45, 7) is 1.21. The van der Waals surface area contributed by atoms with Crippen molar-refractivity contribution < 1.29 is 14.7 Å². The third-order valence-corrected chi connectivity index (χ3v) is 5.05. The van der Waals surface area contributed by atoms with E-state index in [1.54, 1.807) is 17.3 Å². The Morgan fingerprint density at radius 1 is 1.15 bits per heavy atom. The molecule has 1 aromatic carbocycles. The molecular formula is C20H20N4O3. The van der Waals surface area contributed by atoms with Gasteiger partial charge in [0.1, 0.15) is 5.82 Å². The summed E-state index contributed by atoms with van der Waals surface area (Å²) in [5, 5.41) is 8.89. The molecule has 1 fully saturated rings. The first-order chi connectivity index (χ1) is 13.1. The highest BCUT2D eigenvalue weighted by atomic mass is 16.4. The first-order valence-corrected chi connectivity index (χ1v) is 9.01. The second-order valence-corrected chi connectivity index (χ2v) is 6.89. The Kier molecular flexibility index (Phi) is 4.58. The van der Waals surface area contributed by atoms with Gasteiger partial charge < -0.3 is 15.0 Å². The van der Waals surface area contributed by atoms with E-state index in [0.717, 1.165) is 35.3 Å². The molecule has 3 aromatic rings. The van der Waals surface area contributed by atoms with Gasteiger partial charge in [-0.05, 0) is 37.0 Å². The first kappa shape index (κ1) is 17.2. The summed E-state index contributed by atoms with van der Waals surface area (Å²) in [7, 11) is 0. The van der Waals surface area contributed by atoms with Crippen LogP contribution in [0.15, 0.2) is 42.7 Å². The molecule has 1 saturated heterocycles. The maximum absolute atomic E-state index is 12.7. The standard InChI is InChI=1S/C20H20N4O3/c25-18(26)11-13-6-9-24(10-7-13)20(27)15-3-1-14(2-4-15)19-22-16-5-8-21-12-17(16)23-19/h1-5,8,12-13H,6-7,9-11H2,(H,22,23)(H,25,26). The van der Waals surface area contributed by atoms with E-state index in [1.807, 2.05) is 30.3 Å². The maximum Gasteiger partial charge on any atom is 0.303 e. The molecular weight excluding hydrogens is 344 g/mol. The molecule has 2 aromatic heterocycles. The van der Waals surface area contributed by atoms with E-state index >= 15 is 0 Å². The molecule has 0 saturated carbocycles. The molecule has 1 aliphatic rings. The van der Waals surface area contributed by atoms with Gasteiger partial charge in [-0.2, -0.15) is 0 Å². The Morgan fingerprint density at radius 3 is 2.56 bits per heavy atom. The summed E-state index contributed by atoms with van der Waals surface area (Å²) >= 11 is 0. The Balaban J connectivity index is 1.44. The van der Waals surface area contributed by atoms with Crippen LogP contribution >= 0.6 is 0 Å². The van der Waals surface area contributed by atoms with Crippen LogP contribution in [0.2, 0.25) is 0 Å². The molecule has 2 N–H and O–H groups in total. The Labute approximate surface area is 156 Å². The largest absolute Gasteiger partial charge is 0.481 e. The number of carboxylic acids is 1. The number of aromatic nitrogens is 3.